The monoisotopic (exact) mass is 757 g/mol. The molecule has 5 heterocycles. The first kappa shape index (κ1) is 38.1. The van der Waals surface area contributed by atoms with E-state index in [1.807, 2.05) is 24.3 Å². The van der Waals surface area contributed by atoms with Gasteiger partial charge in [0.15, 0.2) is 0 Å². The van der Waals surface area contributed by atoms with Crippen LogP contribution < -0.4 is 20.5 Å². The van der Waals surface area contributed by atoms with Crippen LogP contribution in [-0.4, -0.2) is 101 Å². The standard InChI is InChI=1S/C27H25Cl2N5O3.C12H20N4/c1-36-20-13-21(37-2)24(29)22(23(20)28)18-7-8-19(26-25(18)30-9-10-31-26)27(35)33-16-5-6-17(32-14-16)15-34-11-3-4-12-34;1-2-15-5-7-16(8-6-15)10-12-4-3-11(13)9-14-12/h5-10,13-14H,3-4,11-12,15H2,1-2H3,(H,33,35);3-4,9H,2,5-8,10,13H2,1H3. The summed E-state index contributed by atoms with van der Waals surface area (Å²) >= 11 is 13.3. The predicted octanol–water partition coefficient (Wildman–Crippen LogP) is 6.67. The highest BCUT2D eigenvalue weighted by Crippen LogP contribution is 2.47. The number of amides is 1. The number of benzene rings is 2. The van der Waals surface area contributed by atoms with Crippen LogP contribution >= 0.6 is 23.2 Å². The molecule has 0 unspecified atom stereocenters. The molecule has 0 atom stereocenters. The lowest BCUT2D eigenvalue weighted by Crippen LogP contribution is -2.45. The van der Waals surface area contributed by atoms with Gasteiger partial charge < -0.3 is 25.4 Å². The minimum absolute atomic E-state index is 0.303. The highest BCUT2D eigenvalue weighted by atomic mass is 35.5. The Bertz CT molecular complexity index is 1970. The molecule has 2 aliphatic rings. The summed E-state index contributed by atoms with van der Waals surface area (Å²) in [6, 6.07) is 12.8. The minimum atomic E-state index is -0.327. The summed E-state index contributed by atoms with van der Waals surface area (Å²) in [5.74, 6) is 0.474. The smallest absolute Gasteiger partial charge is 0.257 e. The van der Waals surface area contributed by atoms with E-state index in [1.54, 1.807) is 36.8 Å². The second-order valence-electron chi connectivity index (χ2n) is 13.0. The number of piperazine rings is 1. The van der Waals surface area contributed by atoms with Crippen LogP contribution in [0.25, 0.3) is 22.2 Å². The lowest BCUT2D eigenvalue weighted by atomic mass is 9.99. The van der Waals surface area contributed by atoms with E-state index in [0.29, 0.717) is 55.0 Å². The van der Waals surface area contributed by atoms with Gasteiger partial charge >= 0.3 is 0 Å². The molecule has 3 N–H and O–H groups in total. The zero-order valence-corrected chi connectivity index (χ0v) is 31.8. The second kappa shape index (κ2) is 18.0. The summed E-state index contributed by atoms with van der Waals surface area (Å²) < 4.78 is 10.8. The minimum Gasteiger partial charge on any atom is -0.495 e. The molecular weight excluding hydrogens is 713 g/mol. The fraction of sp³-hybridized carbons (Fsp3) is 0.359. The predicted molar refractivity (Wildman–Crippen MR) is 211 cm³/mol. The van der Waals surface area contributed by atoms with E-state index in [1.165, 1.54) is 46.3 Å². The molecule has 12 nitrogen and oxygen atoms in total. The Kier molecular flexibility index (Phi) is 12.9. The van der Waals surface area contributed by atoms with Crippen molar-refractivity contribution in [2.75, 3.05) is 71.1 Å². The van der Waals surface area contributed by atoms with Gasteiger partial charge in [0, 0.05) is 68.9 Å². The third kappa shape index (κ3) is 9.32. The quantitative estimate of drug-likeness (QED) is 0.158. The number of hydrogen-bond donors (Lipinski definition) is 2. The topological polar surface area (TPSA) is 135 Å². The summed E-state index contributed by atoms with van der Waals surface area (Å²) in [5, 5.41) is 3.52. The third-order valence-electron chi connectivity index (χ3n) is 9.53. The van der Waals surface area contributed by atoms with Crippen molar-refractivity contribution in [2.45, 2.75) is 32.9 Å². The fourth-order valence-electron chi connectivity index (χ4n) is 6.55. The summed E-state index contributed by atoms with van der Waals surface area (Å²) in [5.41, 5.74) is 11.3. The lowest BCUT2D eigenvalue weighted by Gasteiger charge is -2.33. The molecule has 2 saturated heterocycles. The largest absolute Gasteiger partial charge is 0.495 e. The Morgan fingerprint density at radius 1 is 0.755 bits per heavy atom. The van der Waals surface area contributed by atoms with Crippen LogP contribution in [0.4, 0.5) is 11.4 Å². The highest BCUT2D eigenvalue weighted by Gasteiger charge is 2.23. The average Bonchev–Trinajstić information content (AvgIpc) is 3.70. The van der Waals surface area contributed by atoms with E-state index in [-0.39, 0.29) is 5.91 Å². The first-order chi connectivity index (χ1) is 25.8. The molecule has 0 saturated carbocycles. The lowest BCUT2D eigenvalue weighted by molar-refractivity contribution is 0.102. The van der Waals surface area contributed by atoms with E-state index >= 15 is 0 Å². The number of pyridine rings is 2. The molecule has 0 aliphatic carbocycles. The van der Waals surface area contributed by atoms with Gasteiger partial charge in [0.2, 0.25) is 0 Å². The maximum absolute atomic E-state index is 13.3. The number of aromatic nitrogens is 4. The highest BCUT2D eigenvalue weighted by molar-refractivity contribution is 6.41. The number of carbonyl (C=O) groups excluding carboxylic acids is 1. The van der Waals surface area contributed by atoms with Gasteiger partial charge in [0.05, 0.1) is 70.5 Å². The molecule has 2 fully saturated rings. The molecule has 0 radical (unpaired) electrons. The molecule has 1 amide bonds. The van der Waals surface area contributed by atoms with Crippen LogP contribution in [0.5, 0.6) is 11.5 Å². The fourth-order valence-corrected chi connectivity index (χ4v) is 7.25. The van der Waals surface area contributed by atoms with Crippen molar-refractivity contribution in [1.82, 2.24) is 34.6 Å². The molecule has 2 aliphatic heterocycles. The first-order valence-corrected chi connectivity index (χ1v) is 18.5. The number of nitrogens with one attached hydrogen (secondary N) is 1. The zero-order valence-electron chi connectivity index (χ0n) is 30.3. The molecule has 7 rings (SSSR count). The Morgan fingerprint density at radius 2 is 1.34 bits per heavy atom. The van der Waals surface area contributed by atoms with Gasteiger partial charge in [-0.2, -0.15) is 0 Å². The number of fused-ring (bicyclic) bond motifs is 1. The number of anilines is 2. The zero-order chi connectivity index (χ0) is 37.3. The Hall–Kier alpha value is -4.59. The van der Waals surface area contributed by atoms with E-state index in [0.717, 1.165) is 62.9 Å². The van der Waals surface area contributed by atoms with Gasteiger partial charge in [0.25, 0.3) is 5.91 Å². The van der Waals surface area contributed by atoms with E-state index in [9.17, 15) is 4.79 Å². The Labute approximate surface area is 320 Å². The summed E-state index contributed by atoms with van der Waals surface area (Å²) in [7, 11) is 3.02. The molecule has 0 spiro atoms. The van der Waals surface area contributed by atoms with Gasteiger partial charge in [-0.05, 0) is 62.8 Å². The van der Waals surface area contributed by atoms with Crippen LogP contribution in [0.1, 0.15) is 41.5 Å². The first-order valence-electron chi connectivity index (χ1n) is 17.8. The maximum Gasteiger partial charge on any atom is 0.257 e. The van der Waals surface area contributed by atoms with Gasteiger partial charge in [-0.15, -0.1) is 0 Å². The number of nitrogens with two attached hydrogens (primary N) is 1. The van der Waals surface area contributed by atoms with Crippen molar-refractivity contribution in [3.05, 3.63) is 94.2 Å². The number of likely N-dealkylation sites (tertiary alicyclic amines) is 1. The Morgan fingerprint density at radius 3 is 1.91 bits per heavy atom. The van der Waals surface area contributed by atoms with Crippen LogP contribution in [0.15, 0.2) is 67.3 Å². The average molecular weight is 759 g/mol. The van der Waals surface area contributed by atoms with Gasteiger partial charge in [0.1, 0.15) is 17.0 Å². The van der Waals surface area contributed by atoms with Gasteiger partial charge in [-0.3, -0.25) is 34.5 Å². The number of nitrogen functional groups attached to an aromatic ring is 1. The van der Waals surface area contributed by atoms with Crippen LogP contribution in [0.3, 0.4) is 0 Å². The van der Waals surface area contributed by atoms with Crippen molar-refractivity contribution in [3.63, 3.8) is 0 Å². The number of rotatable bonds is 10. The van der Waals surface area contributed by atoms with Gasteiger partial charge in [-0.1, -0.05) is 36.2 Å². The molecule has 0 bridgehead atoms. The summed E-state index contributed by atoms with van der Waals surface area (Å²) in [4.78, 5) is 38.4. The van der Waals surface area contributed by atoms with Crippen LogP contribution in [-0.2, 0) is 13.1 Å². The third-order valence-corrected chi connectivity index (χ3v) is 10.3. The molecule has 53 heavy (non-hydrogen) atoms. The molecule has 3 aromatic heterocycles. The molecule has 14 heteroatoms. The second-order valence-corrected chi connectivity index (χ2v) is 13.7. The number of ether oxygens (including phenoxy) is 2. The number of likely N-dealkylation sites (N-methyl/N-ethyl adjacent to an activating group) is 1. The molecule has 2 aromatic carbocycles. The SMILES string of the molecule is CCN1CCN(Cc2ccc(N)cn2)CC1.COc1cc(OC)c(Cl)c(-c2ccc(C(=O)Nc3ccc(CN4CCCC4)nc3)c3nccnc23)c1Cl. The number of halogens is 2. The van der Waals surface area contributed by atoms with Crippen LogP contribution in [0, 0.1) is 0 Å². The van der Waals surface area contributed by atoms with Crippen LogP contribution in [0.2, 0.25) is 10.0 Å². The summed E-state index contributed by atoms with van der Waals surface area (Å²) in [6.07, 6.45) is 8.95. The van der Waals surface area contributed by atoms with Gasteiger partial charge in [-0.25, -0.2) is 0 Å². The number of carbonyl (C=O) groups is 1. The van der Waals surface area contributed by atoms with E-state index < -0.39 is 0 Å². The number of hydrogen-bond acceptors (Lipinski definition) is 11. The molecular formula is C39H45Cl2N9O3. The van der Waals surface area contributed by atoms with E-state index in [4.69, 9.17) is 38.4 Å². The van der Waals surface area contributed by atoms with Crippen molar-refractivity contribution >= 4 is 51.5 Å². The summed E-state index contributed by atoms with van der Waals surface area (Å²) in [6.45, 7) is 12.0. The van der Waals surface area contributed by atoms with Crippen molar-refractivity contribution < 1.29 is 14.3 Å². The van der Waals surface area contributed by atoms with E-state index in [2.05, 4.69) is 46.9 Å². The van der Waals surface area contributed by atoms with Crippen molar-refractivity contribution in [1.29, 1.82) is 0 Å². The maximum atomic E-state index is 13.3. The van der Waals surface area contributed by atoms with Crippen molar-refractivity contribution in [2.24, 2.45) is 0 Å². The molecule has 278 valence electrons. The Balaban J connectivity index is 0.000000250. The number of nitrogens with zero attached hydrogens (tertiary/aromatic N) is 7. The van der Waals surface area contributed by atoms with Crippen molar-refractivity contribution in [3.8, 4) is 22.6 Å². The number of methoxy groups -OCH3 is 2. The molecule has 5 aromatic rings. The normalized spacial score (nSPS) is 15.2.